The largest absolute Gasteiger partial charge is 0.497 e. The molecule has 0 unspecified atom stereocenters. The average Bonchev–Trinajstić information content (AvgIpc) is 2.60. The number of nitrogens with zero attached hydrogens (tertiary/aromatic N) is 2. The summed E-state index contributed by atoms with van der Waals surface area (Å²) in [6.45, 7) is 3.65. The number of amides is 2. The van der Waals surface area contributed by atoms with Crippen molar-refractivity contribution in [2.75, 3.05) is 32.1 Å². The van der Waals surface area contributed by atoms with Crippen molar-refractivity contribution >= 4 is 11.7 Å². The predicted molar refractivity (Wildman–Crippen MR) is 97.9 cm³/mol. The minimum atomic E-state index is -0.0399. The molecule has 2 aromatic rings. The number of carbonyl (C=O) groups is 1. The maximum atomic E-state index is 12.4. The van der Waals surface area contributed by atoms with E-state index in [9.17, 15) is 4.79 Å². The number of anilines is 1. The summed E-state index contributed by atoms with van der Waals surface area (Å²) >= 11 is 0. The van der Waals surface area contributed by atoms with Gasteiger partial charge in [0.1, 0.15) is 5.75 Å². The Balaban J connectivity index is 1.31. The fourth-order valence-corrected chi connectivity index (χ4v) is 3.58. The molecule has 1 saturated heterocycles. The van der Waals surface area contributed by atoms with Crippen molar-refractivity contribution in [2.24, 2.45) is 0 Å². The van der Waals surface area contributed by atoms with Gasteiger partial charge in [0.05, 0.1) is 7.11 Å². The Kier molecular flexibility index (Phi) is 4.32. The number of rotatable bonds is 3. The van der Waals surface area contributed by atoms with E-state index in [2.05, 4.69) is 34.5 Å². The van der Waals surface area contributed by atoms with Crippen molar-refractivity contribution in [3.63, 3.8) is 0 Å². The third-order valence-electron chi connectivity index (χ3n) is 5.15. The highest BCUT2D eigenvalue weighted by atomic mass is 16.5. The van der Waals surface area contributed by atoms with Crippen LogP contribution in [0.15, 0.2) is 48.5 Å². The van der Waals surface area contributed by atoms with Crippen molar-refractivity contribution < 1.29 is 9.53 Å². The van der Waals surface area contributed by atoms with Gasteiger partial charge in [-0.2, -0.15) is 0 Å². The zero-order valence-electron chi connectivity index (χ0n) is 14.4. The maximum absolute atomic E-state index is 12.4. The number of likely N-dealkylation sites (tertiary alicyclic amines) is 1. The van der Waals surface area contributed by atoms with Gasteiger partial charge in [0.15, 0.2) is 0 Å². The van der Waals surface area contributed by atoms with Gasteiger partial charge in [-0.15, -0.1) is 0 Å². The molecule has 2 aromatic carbocycles. The zero-order chi connectivity index (χ0) is 17.2. The number of fused-ring (bicyclic) bond motifs is 1. The summed E-state index contributed by atoms with van der Waals surface area (Å²) in [6, 6.07) is 16.5. The molecule has 0 atom stereocenters. The van der Waals surface area contributed by atoms with Crippen LogP contribution in [0.4, 0.5) is 10.5 Å². The third-order valence-corrected chi connectivity index (χ3v) is 5.15. The molecule has 25 heavy (non-hydrogen) atoms. The van der Waals surface area contributed by atoms with E-state index in [0.717, 1.165) is 44.0 Å². The van der Waals surface area contributed by atoms with E-state index in [1.54, 1.807) is 7.11 Å². The molecular formula is C20H23N3O2. The minimum absolute atomic E-state index is 0.0399. The Labute approximate surface area is 148 Å². The molecule has 1 fully saturated rings. The molecule has 0 spiro atoms. The van der Waals surface area contributed by atoms with E-state index in [1.165, 1.54) is 11.1 Å². The molecule has 0 saturated carbocycles. The van der Waals surface area contributed by atoms with Crippen LogP contribution < -0.4 is 10.1 Å². The van der Waals surface area contributed by atoms with Crippen molar-refractivity contribution in [3.8, 4) is 5.75 Å². The van der Waals surface area contributed by atoms with Gasteiger partial charge >= 0.3 is 6.03 Å². The lowest BCUT2D eigenvalue weighted by atomic mass is 9.97. The molecule has 0 radical (unpaired) electrons. The lowest BCUT2D eigenvalue weighted by Crippen LogP contribution is -2.62. The predicted octanol–water partition coefficient (Wildman–Crippen LogP) is 2.97. The molecule has 2 aliphatic heterocycles. The SMILES string of the molecule is COc1cccc(NC(=O)N2CC(N3CCc4ccccc4C3)C2)c1. The molecule has 2 heterocycles. The number of urea groups is 1. The van der Waals surface area contributed by atoms with Gasteiger partial charge in [-0.1, -0.05) is 30.3 Å². The number of nitrogens with one attached hydrogen (secondary N) is 1. The quantitative estimate of drug-likeness (QED) is 0.936. The zero-order valence-corrected chi connectivity index (χ0v) is 14.4. The number of methoxy groups -OCH3 is 1. The molecule has 0 aliphatic carbocycles. The van der Waals surface area contributed by atoms with Gasteiger partial charge in [0, 0.05) is 44.0 Å². The van der Waals surface area contributed by atoms with Crippen LogP contribution >= 0.6 is 0 Å². The van der Waals surface area contributed by atoms with Gasteiger partial charge < -0.3 is 15.0 Å². The molecule has 4 rings (SSSR count). The second-order valence-electron chi connectivity index (χ2n) is 6.71. The number of ether oxygens (including phenoxy) is 1. The lowest BCUT2D eigenvalue weighted by Gasteiger charge is -2.46. The van der Waals surface area contributed by atoms with E-state index in [4.69, 9.17) is 4.74 Å². The molecule has 5 heteroatoms. The van der Waals surface area contributed by atoms with Gasteiger partial charge in [0.25, 0.3) is 0 Å². The van der Waals surface area contributed by atoms with Gasteiger partial charge in [0.2, 0.25) is 0 Å². The summed E-state index contributed by atoms with van der Waals surface area (Å²) in [6.07, 6.45) is 1.10. The van der Waals surface area contributed by atoms with Crippen LogP contribution in [-0.2, 0) is 13.0 Å². The molecular weight excluding hydrogens is 314 g/mol. The normalized spacial score (nSPS) is 17.6. The maximum Gasteiger partial charge on any atom is 0.321 e. The highest BCUT2D eigenvalue weighted by Crippen LogP contribution is 2.25. The molecule has 1 N–H and O–H groups in total. The van der Waals surface area contributed by atoms with Gasteiger partial charge in [-0.25, -0.2) is 4.79 Å². The summed E-state index contributed by atoms with van der Waals surface area (Å²) in [5, 5.41) is 2.95. The fraction of sp³-hybridized carbons (Fsp3) is 0.350. The van der Waals surface area contributed by atoms with E-state index in [0.29, 0.717) is 6.04 Å². The van der Waals surface area contributed by atoms with Crippen molar-refractivity contribution in [1.29, 1.82) is 0 Å². The first-order valence-corrected chi connectivity index (χ1v) is 8.74. The van der Waals surface area contributed by atoms with Crippen LogP contribution in [0.1, 0.15) is 11.1 Å². The standard InChI is InChI=1S/C20H23N3O2/c1-25-19-8-4-7-17(11-19)21-20(24)23-13-18(14-23)22-10-9-15-5-2-3-6-16(15)12-22/h2-8,11,18H,9-10,12-14H2,1H3,(H,21,24). The summed E-state index contributed by atoms with van der Waals surface area (Å²) in [4.78, 5) is 16.7. The molecule has 2 amide bonds. The first kappa shape index (κ1) is 16.0. The van der Waals surface area contributed by atoms with Crippen LogP contribution in [0.25, 0.3) is 0 Å². The Morgan fingerprint density at radius 3 is 2.72 bits per heavy atom. The van der Waals surface area contributed by atoms with Gasteiger partial charge in [-0.05, 0) is 29.7 Å². The molecule has 5 nitrogen and oxygen atoms in total. The summed E-state index contributed by atoms with van der Waals surface area (Å²) < 4.78 is 5.19. The highest BCUT2D eigenvalue weighted by molar-refractivity contribution is 5.90. The lowest BCUT2D eigenvalue weighted by molar-refractivity contribution is 0.0528. The van der Waals surface area contributed by atoms with E-state index in [-0.39, 0.29) is 6.03 Å². The minimum Gasteiger partial charge on any atom is -0.497 e. The smallest absolute Gasteiger partial charge is 0.321 e. The first-order valence-electron chi connectivity index (χ1n) is 8.74. The molecule has 0 aromatic heterocycles. The van der Waals surface area contributed by atoms with Crippen LogP contribution in [-0.4, -0.2) is 48.6 Å². The summed E-state index contributed by atoms with van der Waals surface area (Å²) in [5.74, 6) is 0.742. The van der Waals surface area contributed by atoms with Crippen LogP contribution in [0.5, 0.6) is 5.75 Å². The number of benzene rings is 2. The van der Waals surface area contributed by atoms with Crippen LogP contribution in [0.3, 0.4) is 0 Å². The summed E-state index contributed by atoms with van der Waals surface area (Å²) in [7, 11) is 1.62. The van der Waals surface area contributed by atoms with Crippen LogP contribution in [0.2, 0.25) is 0 Å². The second-order valence-corrected chi connectivity index (χ2v) is 6.71. The first-order chi connectivity index (χ1) is 12.2. The molecule has 130 valence electrons. The monoisotopic (exact) mass is 337 g/mol. The average molecular weight is 337 g/mol. The Morgan fingerprint density at radius 2 is 1.92 bits per heavy atom. The second kappa shape index (κ2) is 6.76. The Hall–Kier alpha value is -2.53. The Morgan fingerprint density at radius 1 is 1.12 bits per heavy atom. The Bertz CT molecular complexity index is 771. The van der Waals surface area contributed by atoms with E-state index >= 15 is 0 Å². The molecule has 2 aliphatic rings. The summed E-state index contributed by atoms with van der Waals surface area (Å²) in [5.41, 5.74) is 3.65. The third kappa shape index (κ3) is 3.33. The van der Waals surface area contributed by atoms with Gasteiger partial charge in [-0.3, -0.25) is 4.90 Å². The number of carbonyl (C=O) groups excluding carboxylic acids is 1. The number of hydrogen-bond acceptors (Lipinski definition) is 3. The topological polar surface area (TPSA) is 44.8 Å². The number of hydrogen-bond donors (Lipinski definition) is 1. The van der Waals surface area contributed by atoms with Crippen LogP contribution in [0, 0.1) is 0 Å². The highest BCUT2D eigenvalue weighted by Gasteiger charge is 2.36. The van der Waals surface area contributed by atoms with Crippen molar-refractivity contribution in [1.82, 2.24) is 9.80 Å². The van der Waals surface area contributed by atoms with E-state index < -0.39 is 0 Å². The molecule has 0 bridgehead atoms. The van der Waals surface area contributed by atoms with Crippen molar-refractivity contribution in [2.45, 2.75) is 19.0 Å². The van der Waals surface area contributed by atoms with E-state index in [1.807, 2.05) is 29.2 Å². The fourth-order valence-electron chi connectivity index (χ4n) is 3.58. The van der Waals surface area contributed by atoms with Crippen molar-refractivity contribution in [3.05, 3.63) is 59.7 Å².